The second-order valence-corrected chi connectivity index (χ2v) is 10.3. The van der Waals surface area contributed by atoms with Gasteiger partial charge in [0, 0.05) is 18.7 Å². The fourth-order valence-corrected chi connectivity index (χ4v) is 6.17. The van der Waals surface area contributed by atoms with E-state index in [1.807, 2.05) is 0 Å². The van der Waals surface area contributed by atoms with Crippen molar-refractivity contribution in [1.82, 2.24) is 4.90 Å². The summed E-state index contributed by atoms with van der Waals surface area (Å²) < 4.78 is 6.20. The van der Waals surface area contributed by atoms with Gasteiger partial charge in [-0.1, -0.05) is 18.9 Å². The van der Waals surface area contributed by atoms with E-state index in [0.717, 1.165) is 38.8 Å². The number of esters is 1. The first-order valence-electron chi connectivity index (χ1n) is 9.31. The Morgan fingerprint density at radius 3 is 2.72 bits per heavy atom. The third-order valence-electron chi connectivity index (χ3n) is 5.89. The average Bonchev–Trinajstić information content (AvgIpc) is 3.03. The van der Waals surface area contributed by atoms with E-state index in [2.05, 4.69) is 47.5 Å². The van der Waals surface area contributed by atoms with E-state index in [-0.39, 0.29) is 5.97 Å². The molecule has 0 N–H and O–H groups in total. The fourth-order valence-electron chi connectivity index (χ4n) is 4.37. The molecule has 0 spiro atoms. The topological polar surface area (TPSA) is 29.5 Å². The molecule has 1 aromatic rings. The molecule has 0 unspecified atom stereocenters. The Hall–Kier alpha value is -0.400. The maximum Gasteiger partial charge on any atom is 0.348 e. The van der Waals surface area contributed by atoms with Crippen molar-refractivity contribution in [3.8, 4) is 0 Å². The monoisotopic (exact) mass is 473 g/mol. The number of nitrogens with zero attached hydrogens (tertiary/aromatic N) is 1. The summed E-state index contributed by atoms with van der Waals surface area (Å²) in [4.78, 5) is 15.4. The lowest BCUT2D eigenvalue weighted by molar-refractivity contribution is 0.0606. The first-order chi connectivity index (χ1) is 12.0. The van der Waals surface area contributed by atoms with Gasteiger partial charge in [-0.05, 0) is 85.2 Å². The molecule has 0 saturated heterocycles. The maximum absolute atomic E-state index is 12.3. The fraction of sp³-hybridized carbons (Fsp3) is 0.650. The molecule has 138 valence electrons. The van der Waals surface area contributed by atoms with Gasteiger partial charge in [0.1, 0.15) is 4.88 Å². The Morgan fingerprint density at radius 1 is 1.36 bits per heavy atom. The van der Waals surface area contributed by atoms with Crippen LogP contribution < -0.4 is 0 Å². The van der Waals surface area contributed by atoms with Crippen LogP contribution in [0.4, 0.5) is 0 Å². The highest BCUT2D eigenvalue weighted by atomic mass is 127. The van der Waals surface area contributed by atoms with Gasteiger partial charge in [0.25, 0.3) is 0 Å². The van der Waals surface area contributed by atoms with E-state index in [1.54, 1.807) is 16.9 Å². The van der Waals surface area contributed by atoms with Gasteiger partial charge in [-0.2, -0.15) is 0 Å². The highest BCUT2D eigenvalue weighted by molar-refractivity contribution is 14.1. The van der Waals surface area contributed by atoms with E-state index < -0.39 is 0 Å². The molecule has 3 nitrogen and oxygen atoms in total. The Morgan fingerprint density at radius 2 is 2.08 bits per heavy atom. The molecule has 1 saturated carbocycles. The molecular weight excluding hydrogens is 445 g/mol. The van der Waals surface area contributed by atoms with Crippen molar-refractivity contribution >= 4 is 45.5 Å². The van der Waals surface area contributed by atoms with Gasteiger partial charge < -0.3 is 9.64 Å². The molecule has 5 heteroatoms. The number of hydrogen-bond donors (Lipinski definition) is 0. The number of hydrogen-bond acceptors (Lipinski definition) is 4. The number of halogens is 1. The molecule has 2 heterocycles. The molecule has 1 aromatic heterocycles. The molecule has 1 aliphatic carbocycles. The summed E-state index contributed by atoms with van der Waals surface area (Å²) in [6.45, 7) is 4.39. The van der Waals surface area contributed by atoms with E-state index in [0.29, 0.717) is 5.92 Å². The van der Waals surface area contributed by atoms with Gasteiger partial charge in [0.05, 0.1) is 9.99 Å². The molecule has 25 heavy (non-hydrogen) atoms. The number of carbonyl (C=O) groups excluding carboxylic acids is 1. The predicted molar refractivity (Wildman–Crippen MR) is 113 cm³/mol. The molecule has 1 fully saturated rings. The normalized spacial score (nSPS) is 25.3. The largest absolute Gasteiger partial charge is 0.465 e. The molecule has 3 rings (SSSR count). The second kappa shape index (κ2) is 8.53. The minimum atomic E-state index is -0.197. The number of ether oxygens (including phenoxy) is 1. The minimum Gasteiger partial charge on any atom is -0.465 e. The molecule has 0 bridgehead atoms. The van der Waals surface area contributed by atoms with Crippen LogP contribution in [0.15, 0.2) is 11.6 Å². The van der Waals surface area contributed by atoms with Crippen LogP contribution in [0.1, 0.15) is 60.7 Å². The van der Waals surface area contributed by atoms with Crippen molar-refractivity contribution < 1.29 is 9.53 Å². The molecule has 0 amide bonds. The van der Waals surface area contributed by atoms with Crippen molar-refractivity contribution in [2.45, 2.75) is 45.4 Å². The zero-order valence-corrected chi connectivity index (χ0v) is 18.4. The zero-order chi connectivity index (χ0) is 18.0. The number of rotatable bonds is 4. The third kappa shape index (κ3) is 4.30. The Balaban J connectivity index is 1.97. The lowest BCUT2D eigenvalue weighted by Crippen LogP contribution is -2.30. The first kappa shape index (κ1) is 19.4. The van der Waals surface area contributed by atoms with Crippen LogP contribution in [-0.2, 0) is 4.74 Å². The lowest BCUT2D eigenvalue weighted by Gasteiger charge is -2.36. The van der Waals surface area contributed by atoms with Crippen LogP contribution in [0.25, 0.3) is 5.57 Å². The number of thiophene rings is 1. The molecule has 0 aromatic carbocycles. The summed E-state index contributed by atoms with van der Waals surface area (Å²) in [7, 11) is 3.66. The van der Waals surface area contributed by atoms with Gasteiger partial charge in [0.2, 0.25) is 0 Å². The summed E-state index contributed by atoms with van der Waals surface area (Å²) in [5.41, 5.74) is 4.14. The molecule has 0 radical (unpaired) electrons. The van der Waals surface area contributed by atoms with Gasteiger partial charge >= 0.3 is 5.97 Å². The van der Waals surface area contributed by atoms with Crippen LogP contribution in [0.5, 0.6) is 0 Å². The quantitative estimate of drug-likeness (QED) is 0.431. The first-order valence-corrected chi connectivity index (χ1v) is 11.2. The maximum atomic E-state index is 12.3. The number of carbonyl (C=O) groups is 1. The van der Waals surface area contributed by atoms with Gasteiger partial charge in [-0.15, -0.1) is 11.3 Å². The molecule has 1 aliphatic heterocycles. The van der Waals surface area contributed by atoms with Crippen molar-refractivity contribution in [3.63, 3.8) is 0 Å². The highest BCUT2D eigenvalue weighted by Gasteiger charge is 2.30. The van der Waals surface area contributed by atoms with Gasteiger partial charge in [0.15, 0.2) is 0 Å². The number of likely N-dealkylation sites (N-methyl/N-ethyl adjacent to an activating group) is 1. The Kier molecular flexibility index (Phi) is 6.60. The standard InChI is InChI=1S/C20H28INO2S/c1-4-13-5-7-14(8-6-13)15-9-10-22(2)12-17(15)16-11-18(21)25-19(16)20(23)24-3/h11,13-14H,4-10,12H2,1-3H3. The molecular formula is C20H28INO2S. The highest BCUT2D eigenvalue weighted by Crippen LogP contribution is 2.42. The Labute approximate surface area is 169 Å². The van der Waals surface area contributed by atoms with E-state index in [1.165, 1.54) is 44.8 Å². The summed E-state index contributed by atoms with van der Waals surface area (Å²) >= 11 is 3.88. The van der Waals surface area contributed by atoms with Crippen LogP contribution in [-0.4, -0.2) is 38.1 Å². The van der Waals surface area contributed by atoms with Crippen LogP contribution >= 0.6 is 33.9 Å². The van der Waals surface area contributed by atoms with E-state index in [4.69, 9.17) is 4.74 Å². The van der Waals surface area contributed by atoms with E-state index in [9.17, 15) is 4.79 Å². The van der Waals surface area contributed by atoms with Gasteiger partial charge in [-0.3, -0.25) is 0 Å². The van der Waals surface area contributed by atoms with Crippen LogP contribution in [0, 0.1) is 14.7 Å². The minimum absolute atomic E-state index is 0.197. The van der Waals surface area contributed by atoms with Crippen molar-refractivity contribution in [2.24, 2.45) is 11.8 Å². The third-order valence-corrected chi connectivity index (χ3v) is 7.77. The van der Waals surface area contributed by atoms with Crippen molar-refractivity contribution in [3.05, 3.63) is 25.0 Å². The predicted octanol–water partition coefficient (Wildman–Crippen LogP) is 5.44. The zero-order valence-electron chi connectivity index (χ0n) is 15.4. The Bertz CT molecular complexity index is 659. The van der Waals surface area contributed by atoms with Crippen LogP contribution in [0.2, 0.25) is 0 Å². The summed E-state index contributed by atoms with van der Waals surface area (Å²) in [5, 5.41) is 0. The lowest BCUT2D eigenvalue weighted by atomic mass is 9.74. The summed E-state index contributed by atoms with van der Waals surface area (Å²) in [6, 6.07) is 2.18. The smallest absolute Gasteiger partial charge is 0.348 e. The SMILES string of the molecule is CCC1CCC(C2=C(c3cc(I)sc3C(=O)OC)CN(C)CC2)CC1. The van der Waals surface area contributed by atoms with Crippen molar-refractivity contribution in [2.75, 3.05) is 27.2 Å². The average molecular weight is 473 g/mol. The summed E-state index contributed by atoms with van der Waals surface area (Å²) in [5.74, 6) is 1.42. The number of methoxy groups -OCH3 is 1. The van der Waals surface area contributed by atoms with Gasteiger partial charge in [-0.25, -0.2) is 4.79 Å². The summed E-state index contributed by atoms with van der Waals surface area (Å²) in [6.07, 6.45) is 7.81. The van der Waals surface area contributed by atoms with Crippen molar-refractivity contribution in [1.29, 1.82) is 0 Å². The van der Waals surface area contributed by atoms with Crippen LogP contribution in [0.3, 0.4) is 0 Å². The second-order valence-electron chi connectivity index (χ2n) is 7.40. The van der Waals surface area contributed by atoms with E-state index >= 15 is 0 Å². The molecule has 0 atom stereocenters. The molecule has 2 aliphatic rings.